The Morgan fingerprint density at radius 2 is 1.70 bits per heavy atom. The fraction of sp³-hybridized carbons (Fsp3) is 0.200. The Balaban J connectivity index is 2.25. The molecule has 0 heterocycles. The molecular formula is C20H19N2O5-. The van der Waals surface area contributed by atoms with Crippen LogP contribution in [0.25, 0.3) is 6.08 Å². The molecule has 0 radical (unpaired) electrons. The van der Waals surface area contributed by atoms with Crippen LogP contribution in [0.5, 0.6) is 0 Å². The third-order valence-corrected chi connectivity index (χ3v) is 3.87. The number of carboxylic acid groups (broad SMARTS) is 1. The van der Waals surface area contributed by atoms with Crippen molar-refractivity contribution in [1.29, 1.82) is 0 Å². The highest BCUT2D eigenvalue weighted by atomic mass is 16.6. The predicted octanol–water partition coefficient (Wildman–Crippen LogP) is 2.41. The second-order valence-corrected chi connectivity index (χ2v) is 6.98. The monoisotopic (exact) mass is 367 g/mol. The number of carbonyl (C=O) groups is 2. The molecule has 2 aromatic rings. The maximum Gasteiger partial charge on any atom is 0.270 e. The van der Waals surface area contributed by atoms with Gasteiger partial charge in [-0.15, -0.1) is 0 Å². The third kappa shape index (κ3) is 5.24. The summed E-state index contributed by atoms with van der Waals surface area (Å²) in [5, 5.41) is 24.4. The summed E-state index contributed by atoms with van der Waals surface area (Å²) >= 11 is 0. The van der Waals surface area contributed by atoms with Crippen LogP contribution in [0.4, 0.5) is 5.69 Å². The van der Waals surface area contributed by atoms with E-state index in [1.165, 1.54) is 24.3 Å². The Morgan fingerprint density at radius 1 is 1.07 bits per heavy atom. The minimum atomic E-state index is -1.60. The van der Waals surface area contributed by atoms with Gasteiger partial charge in [-0.05, 0) is 34.8 Å². The van der Waals surface area contributed by atoms with Gasteiger partial charge in [0.25, 0.3) is 11.6 Å². The fourth-order valence-electron chi connectivity index (χ4n) is 2.36. The zero-order valence-corrected chi connectivity index (χ0v) is 15.2. The van der Waals surface area contributed by atoms with Gasteiger partial charge in [0.05, 0.1) is 16.6 Å². The summed E-state index contributed by atoms with van der Waals surface area (Å²) in [7, 11) is 0. The van der Waals surface area contributed by atoms with Gasteiger partial charge >= 0.3 is 0 Å². The van der Waals surface area contributed by atoms with E-state index in [1.54, 1.807) is 24.3 Å². The van der Waals surface area contributed by atoms with E-state index in [4.69, 9.17) is 0 Å². The van der Waals surface area contributed by atoms with Gasteiger partial charge in [-0.1, -0.05) is 45.0 Å². The number of nitro benzene ring substituents is 1. The quantitative estimate of drug-likeness (QED) is 0.495. The minimum absolute atomic E-state index is 0.0763. The van der Waals surface area contributed by atoms with Crippen molar-refractivity contribution in [3.63, 3.8) is 0 Å². The summed E-state index contributed by atoms with van der Waals surface area (Å²) in [6.45, 7) is 6.12. The first kappa shape index (κ1) is 19.8. The third-order valence-electron chi connectivity index (χ3n) is 3.87. The zero-order chi connectivity index (χ0) is 20.2. The molecule has 0 bridgehead atoms. The molecule has 0 aliphatic heterocycles. The molecule has 0 atom stereocenters. The number of nitrogens with one attached hydrogen (secondary N) is 1. The van der Waals surface area contributed by atoms with Crippen LogP contribution in [0.1, 0.15) is 42.3 Å². The van der Waals surface area contributed by atoms with Crippen LogP contribution in [0.2, 0.25) is 0 Å². The number of nitro groups is 1. The molecule has 0 fully saturated rings. The van der Waals surface area contributed by atoms with Crippen LogP contribution in [0, 0.1) is 10.1 Å². The van der Waals surface area contributed by atoms with E-state index in [0.717, 1.165) is 11.6 Å². The number of nitrogens with zero attached hydrogens (tertiary/aromatic N) is 1. The molecule has 0 spiro atoms. The first-order valence-corrected chi connectivity index (χ1v) is 8.17. The van der Waals surface area contributed by atoms with Crippen LogP contribution in [0.3, 0.4) is 0 Å². The first-order valence-electron chi connectivity index (χ1n) is 8.17. The second kappa shape index (κ2) is 7.82. The van der Waals surface area contributed by atoms with E-state index >= 15 is 0 Å². The number of carbonyl (C=O) groups excluding carboxylic acids is 2. The van der Waals surface area contributed by atoms with Crippen molar-refractivity contribution in [2.24, 2.45) is 0 Å². The Morgan fingerprint density at radius 3 is 2.22 bits per heavy atom. The molecule has 0 aliphatic rings. The summed E-state index contributed by atoms with van der Waals surface area (Å²) in [6, 6.07) is 12.2. The Bertz CT molecular complexity index is 909. The van der Waals surface area contributed by atoms with Gasteiger partial charge in [-0.2, -0.15) is 0 Å². The number of carboxylic acids is 1. The van der Waals surface area contributed by atoms with Crippen LogP contribution < -0.4 is 10.4 Å². The molecule has 140 valence electrons. The highest BCUT2D eigenvalue weighted by Gasteiger charge is 2.15. The second-order valence-electron chi connectivity index (χ2n) is 6.98. The highest BCUT2D eigenvalue weighted by Crippen LogP contribution is 2.22. The number of non-ortho nitro benzene ring substituents is 1. The van der Waals surface area contributed by atoms with Crippen LogP contribution in [-0.2, 0) is 10.2 Å². The van der Waals surface area contributed by atoms with E-state index < -0.39 is 22.5 Å². The van der Waals surface area contributed by atoms with E-state index in [0.29, 0.717) is 0 Å². The Kier molecular flexibility index (Phi) is 5.75. The number of rotatable bonds is 5. The number of aliphatic carboxylic acids is 1. The number of hydrogen-bond donors (Lipinski definition) is 1. The van der Waals surface area contributed by atoms with Gasteiger partial charge in [0.15, 0.2) is 0 Å². The molecule has 0 saturated carbocycles. The van der Waals surface area contributed by atoms with Gasteiger partial charge in [0, 0.05) is 17.7 Å². The summed E-state index contributed by atoms with van der Waals surface area (Å²) in [6.07, 6.45) is 1.11. The summed E-state index contributed by atoms with van der Waals surface area (Å²) in [5.41, 5.74) is 0.825. The molecule has 27 heavy (non-hydrogen) atoms. The van der Waals surface area contributed by atoms with Crippen molar-refractivity contribution in [3.05, 3.63) is 81.0 Å². The summed E-state index contributed by atoms with van der Waals surface area (Å²) in [5.74, 6) is -2.21. The Hall–Kier alpha value is -3.48. The minimum Gasteiger partial charge on any atom is -0.543 e. The van der Waals surface area contributed by atoms with Gasteiger partial charge < -0.3 is 15.2 Å². The maximum atomic E-state index is 12.3. The molecule has 2 aromatic carbocycles. The topological polar surface area (TPSA) is 112 Å². The molecule has 1 amide bonds. The molecule has 0 unspecified atom stereocenters. The number of benzene rings is 2. The lowest BCUT2D eigenvalue weighted by molar-refractivity contribution is -0.384. The molecular weight excluding hydrogens is 348 g/mol. The zero-order valence-electron chi connectivity index (χ0n) is 15.2. The average Bonchev–Trinajstić information content (AvgIpc) is 2.60. The summed E-state index contributed by atoms with van der Waals surface area (Å²) in [4.78, 5) is 33.9. The van der Waals surface area contributed by atoms with E-state index in [-0.39, 0.29) is 22.2 Å². The van der Waals surface area contributed by atoms with Crippen molar-refractivity contribution < 1.29 is 19.6 Å². The molecule has 1 N–H and O–H groups in total. The lowest BCUT2D eigenvalue weighted by Gasteiger charge is -2.19. The van der Waals surface area contributed by atoms with Crippen LogP contribution in [0.15, 0.2) is 54.2 Å². The van der Waals surface area contributed by atoms with Gasteiger partial charge in [-0.3, -0.25) is 14.9 Å². The fourth-order valence-corrected chi connectivity index (χ4v) is 2.36. The van der Waals surface area contributed by atoms with Gasteiger partial charge in [0.2, 0.25) is 0 Å². The lowest BCUT2D eigenvalue weighted by atomic mass is 9.87. The van der Waals surface area contributed by atoms with Crippen molar-refractivity contribution in [2.75, 3.05) is 0 Å². The maximum absolute atomic E-state index is 12.3. The molecule has 0 saturated heterocycles. The standard InChI is InChI=1S/C20H20N2O5/c1-20(2,3)15-9-7-14(8-10-15)18(23)21-17(19(24)25)12-13-5-4-6-16(11-13)22(26)27/h4-12H,1-3H3,(H,21,23)(H,24,25)/p-1/b17-12-. The van der Waals surface area contributed by atoms with Gasteiger partial charge in [0.1, 0.15) is 0 Å². The first-order chi connectivity index (χ1) is 12.6. The smallest absolute Gasteiger partial charge is 0.270 e. The number of hydrogen-bond acceptors (Lipinski definition) is 5. The van der Waals surface area contributed by atoms with Crippen molar-refractivity contribution >= 4 is 23.6 Å². The van der Waals surface area contributed by atoms with Crippen molar-refractivity contribution in [2.45, 2.75) is 26.2 Å². The molecule has 0 aliphatic carbocycles. The number of amides is 1. The van der Waals surface area contributed by atoms with Crippen LogP contribution in [-0.4, -0.2) is 16.8 Å². The molecule has 0 aromatic heterocycles. The lowest BCUT2D eigenvalue weighted by Crippen LogP contribution is -2.35. The Labute approximate surface area is 156 Å². The van der Waals surface area contributed by atoms with Crippen LogP contribution >= 0.6 is 0 Å². The predicted molar refractivity (Wildman–Crippen MR) is 98.7 cm³/mol. The normalized spacial score (nSPS) is 11.7. The summed E-state index contributed by atoms with van der Waals surface area (Å²) < 4.78 is 0. The highest BCUT2D eigenvalue weighted by molar-refractivity contribution is 6.02. The SMILES string of the molecule is CC(C)(C)c1ccc(C(=O)N/C(=C\c2cccc([N+](=O)[O-])c2)C(=O)[O-])cc1. The molecule has 2 rings (SSSR count). The molecule has 7 heteroatoms. The average molecular weight is 367 g/mol. The van der Waals surface area contributed by atoms with Crippen molar-refractivity contribution in [3.8, 4) is 0 Å². The largest absolute Gasteiger partial charge is 0.543 e. The van der Waals surface area contributed by atoms with E-state index in [1.807, 2.05) is 20.8 Å². The van der Waals surface area contributed by atoms with Gasteiger partial charge in [-0.25, -0.2) is 0 Å². The van der Waals surface area contributed by atoms with Crippen molar-refractivity contribution in [1.82, 2.24) is 5.32 Å². The van der Waals surface area contributed by atoms with E-state index in [2.05, 4.69) is 5.32 Å². The van der Waals surface area contributed by atoms with E-state index in [9.17, 15) is 24.8 Å². The molecule has 7 nitrogen and oxygen atoms in total.